The van der Waals surface area contributed by atoms with Gasteiger partial charge < -0.3 is 14.5 Å². The van der Waals surface area contributed by atoms with Gasteiger partial charge in [-0.15, -0.1) is 6.42 Å². The van der Waals surface area contributed by atoms with Crippen molar-refractivity contribution in [1.29, 1.82) is 0 Å². The first-order valence-corrected chi connectivity index (χ1v) is 16.0. The van der Waals surface area contributed by atoms with Crippen LogP contribution < -0.4 is 4.90 Å². The fourth-order valence-corrected chi connectivity index (χ4v) is 5.21. The van der Waals surface area contributed by atoms with Crippen LogP contribution in [0.3, 0.4) is 0 Å². The molecule has 2 amide bonds. The van der Waals surface area contributed by atoms with E-state index in [0.29, 0.717) is 18.5 Å². The lowest BCUT2D eigenvalue weighted by Gasteiger charge is -2.27. The molecule has 2 heterocycles. The summed E-state index contributed by atoms with van der Waals surface area (Å²) in [5, 5.41) is 0. The van der Waals surface area contributed by atoms with Gasteiger partial charge in [-0.3, -0.25) is 14.5 Å². The topological polar surface area (TPSA) is 53.1 Å². The molecule has 2 unspecified atom stereocenters. The Morgan fingerprint density at radius 1 is 1.14 bits per heavy atom. The summed E-state index contributed by atoms with van der Waals surface area (Å²) in [6.45, 7) is 19.9. The summed E-state index contributed by atoms with van der Waals surface area (Å²) in [6.07, 6.45) is 17.7. The van der Waals surface area contributed by atoms with Crippen LogP contribution in [0.4, 0.5) is 5.69 Å². The maximum Gasteiger partial charge on any atom is 0.241 e. The molecule has 1 aromatic carbocycles. The van der Waals surface area contributed by atoms with Gasteiger partial charge in [0.05, 0.1) is 13.2 Å². The number of ether oxygens (including phenoxy) is 1. The first-order chi connectivity index (χ1) is 20.2. The number of anilines is 1. The molecule has 2 aliphatic rings. The van der Waals surface area contributed by atoms with Crippen LogP contribution in [0.15, 0.2) is 47.7 Å². The number of benzene rings is 1. The van der Waals surface area contributed by atoms with Gasteiger partial charge >= 0.3 is 0 Å². The van der Waals surface area contributed by atoms with Gasteiger partial charge in [0.1, 0.15) is 5.76 Å². The molecular weight excluding hydrogens is 522 g/mol. The van der Waals surface area contributed by atoms with E-state index >= 15 is 0 Å². The van der Waals surface area contributed by atoms with E-state index in [4.69, 9.17) is 11.2 Å². The predicted molar refractivity (Wildman–Crippen MR) is 177 cm³/mol. The Morgan fingerprint density at radius 3 is 2.43 bits per heavy atom. The van der Waals surface area contributed by atoms with Gasteiger partial charge in [0.15, 0.2) is 0 Å². The Bertz CT molecular complexity index is 1030. The fourth-order valence-electron chi connectivity index (χ4n) is 5.21. The van der Waals surface area contributed by atoms with E-state index in [1.807, 2.05) is 30.9 Å². The second kappa shape index (κ2) is 21.6. The number of rotatable bonds is 12. The van der Waals surface area contributed by atoms with E-state index in [1.54, 1.807) is 11.0 Å². The van der Waals surface area contributed by atoms with Crippen LogP contribution in [0.1, 0.15) is 92.1 Å². The van der Waals surface area contributed by atoms with Crippen molar-refractivity contribution in [2.75, 3.05) is 44.2 Å². The van der Waals surface area contributed by atoms with E-state index in [0.717, 1.165) is 76.3 Å². The Hall–Kier alpha value is -3.04. The zero-order valence-corrected chi connectivity index (χ0v) is 27.5. The summed E-state index contributed by atoms with van der Waals surface area (Å²) in [4.78, 5) is 29.2. The van der Waals surface area contributed by atoms with Gasteiger partial charge in [0, 0.05) is 50.4 Å². The van der Waals surface area contributed by atoms with Crippen molar-refractivity contribution in [3.8, 4) is 12.3 Å². The fraction of sp³-hybridized carbons (Fsp3) is 0.611. The molecule has 234 valence electrons. The molecule has 1 aromatic rings. The third-order valence-corrected chi connectivity index (χ3v) is 7.71. The number of unbranched alkanes of at least 4 members (excludes halogenated alkanes) is 3. The summed E-state index contributed by atoms with van der Waals surface area (Å²) < 4.78 is 5.25. The van der Waals surface area contributed by atoms with Gasteiger partial charge in [0.25, 0.3) is 0 Å². The summed E-state index contributed by atoms with van der Waals surface area (Å²) in [5.41, 5.74) is 3.46. The lowest BCUT2D eigenvalue weighted by molar-refractivity contribution is -0.120. The third-order valence-electron chi connectivity index (χ3n) is 7.71. The van der Waals surface area contributed by atoms with Gasteiger partial charge in [-0.25, -0.2) is 0 Å². The van der Waals surface area contributed by atoms with Gasteiger partial charge in [0.2, 0.25) is 12.3 Å². The largest absolute Gasteiger partial charge is 0.492 e. The van der Waals surface area contributed by atoms with E-state index in [1.165, 1.54) is 30.4 Å². The zero-order chi connectivity index (χ0) is 31.3. The second-order valence-corrected chi connectivity index (χ2v) is 11.4. The average molecular weight is 580 g/mol. The summed E-state index contributed by atoms with van der Waals surface area (Å²) in [5.74, 6) is 4.25. The minimum atomic E-state index is 0.236. The number of hydrogen-bond acceptors (Lipinski definition) is 4. The average Bonchev–Trinajstić information content (AvgIpc) is 3.56. The number of terminal acetylenes is 1. The van der Waals surface area contributed by atoms with Crippen molar-refractivity contribution < 1.29 is 14.3 Å². The SMILES string of the molecule is C#C/C=C1/OCC/C1=C/C.CCCCCN(C=O)CC.CCCCN(C(=O)CN1CC(C)CC1C)c1cccc(C)c1. The molecule has 6 nitrogen and oxygen atoms in total. The van der Waals surface area contributed by atoms with Crippen LogP contribution in [0.5, 0.6) is 0 Å². The summed E-state index contributed by atoms with van der Waals surface area (Å²) in [6, 6.07) is 8.80. The lowest BCUT2D eigenvalue weighted by Crippen LogP contribution is -2.42. The molecule has 0 aromatic heterocycles. The normalized spacial score (nSPS) is 19.7. The molecule has 6 heteroatoms. The molecule has 0 aliphatic carbocycles. The van der Waals surface area contributed by atoms with E-state index in [2.05, 4.69) is 63.6 Å². The van der Waals surface area contributed by atoms with Crippen LogP contribution in [0.25, 0.3) is 0 Å². The highest BCUT2D eigenvalue weighted by molar-refractivity contribution is 5.94. The van der Waals surface area contributed by atoms with Crippen molar-refractivity contribution >= 4 is 18.0 Å². The number of aryl methyl sites for hydroxylation is 1. The van der Waals surface area contributed by atoms with Crippen LogP contribution in [-0.2, 0) is 14.3 Å². The lowest BCUT2D eigenvalue weighted by atomic mass is 10.1. The second-order valence-electron chi connectivity index (χ2n) is 11.4. The van der Waals surface area contributed by atoms with E-state index < -0.39 is 0 Å². The zero-order valence-electron chi connectivity index (χ0n) is 27.5. The van der Waals surface area contributed by atoms with Crippen LogP contribution in [0, 0.1) is 25.2 Å². The number of nitrogens with zero attached hydrogens (tertiary/aromatic N) is 3. The Morgan fingerprint density at radius 2 is 1.88 bits per heavy atom. The quantitative estimate of drug-likeness (QED) is 0.147. The highest BCUT2D eigenvalue weighted by Crippen LogP contribution is 2.24. The standard InChI is InChI=1S/C19H30N2O.C9H10O.C8H17NO/c1-5-6-10-21(18-9-7-8-15(2)12-18)19(22)14-20-13-16(3)11-17(20)4;1-3-5-9-8(4-2)6-7-10-9;1-3-5-6-7-9(4-2)8-10/h7-9,12,16-17H,5-6,10-11,13-14H2,1-4H3;1,4-5H,6-7H2,2H3;8H,3-7H2,1-2H3/b;8-4-,9-5+;. The Kier molecular flexibility index (Phi) is 19.0. The van der Waals surface area contributed by atoms with Crippen molar-refractivity contribution in [2.45, 2.75) is 99.5 Å². The van der Waals surface area contributed by atoms with Crippen LogP contribution in [0.2, 0.25) is 0 Å². The van der Waals surface area contributed by atoms with Gasteiger partial charge in [-0.05, 0) is 76.1 Å². The molecule has 0 bridgehead atoms. The highest BCUT2D eigenvalue weighted by atomic mass is 16.5. The molecule has 0 radical (unpaired) electrons. The minimum Gasteiger partial charge on any atom is -0.492 e. The first-order valence-electron chi connectivity index (χ1n) is 16.0. The van der Waals surface area contributed by atoms with Crippen molar-refractivity contribution in [3.63, 3.8) is 0 Å². The van der Waals surface area contributed by atoms with Crippen LogP contribution >= 0.6 is 0 Å². The Labute approximate surface area is 257 Å². The number of amides is 2. The number of allylic oxidation sites excluding steroid dienone is 3. The maximum atomic E-state index is 12.9. The monoisotopic (exact) mass is 579 g/mol. The van der Waals surface area contributed by atoms with E-state index in [9.17, 15) is 9.59 Å². The van der Waals surface area contributed by atoms with Crippen molar-refractivity contribution in [1.82, 2.24) is 9.80 Å². The van der Waals surface area contributed by atoms with Crippen LogP contribution in [-0.4, -0.2) is 67.5 Å². The Balaban J connectivity index is 0.000000366. The molecule has 0 spiro atoms. The molecule has 0 N–H and O–H groups in total. The number of hydrogen-bond donors (Lipinski definition) is 0. The molecule has 2 aliphatic heterocycles. The van der Waals surface area contributed by atoms with E-state index in [-0.39, 0.29) is 5.91 Å². The van der Waals surface area contributed by atoms with Gasteiger partial charge in [-0.2, -0.15) is 0 Å². The maximum absolute atomic E-state index is 12.9. The smallest absolute Gasteiger partial charge is 0.241 e. The number of likely N-dealkylation sites (tertiary alicyclic amines) is 1. The molecule has 42 heavy (non-hydrogen) atoms. The summed E-state index contributed by atoms with van der Waals surface area (Å²) in [7, 11) is 0. The first kappa shape index (κ1) is 37.0. The predicted octanol–water partition coefficient (Wildman–Crippen LogP) is 7.38. The molecular formula is C36H57N3O3. The number of carbonyl (C=O) groups is 2. The number of carbonyl (C=O) groups excluding carboxylic acids is 2. The van der Waals surface area contributed by atoms with Gasteiger partial charge in [-0.1, -0.05) is 64.2 Å². The molecule has 2 saturated heterocycles. The van der Waals surface area contributed by atoms with Crippen molar-refractivity contribution in [2.24, 2.45) is 5.92 Å². The third kappa shape index (κ3) is 13.7. The van der Waals surface area contributed by atoms with Crippen molar-refractivity contribution in [3.05, 3.63) is 53.3 Å². The molecule has 0 saturated carbocycles. The molecule has 2 atom stereocenters. The molecule has 2 fully saturated rings. The highest BCUT2D eigenvalue weighted by Gasteiger charge is 2.29. The molecule has 3 rings (SSSR count). The summed E-state index contributed by atoms with van der Waals surface area (Å²) >= 11 is 0. The minimum absolute atomic E-state index is 0.236.